The number of aromatic nitrogens is 2. The van der Waals surface area contributed by atoms with Crippen molar-refractivity contribution in [3.63, 3.8) is 0 Å². The van der Waals surface area contributed by atoms with Crippen LogP contribution in [0.4, 0.5) is 4.39 Å². The van der Waals surface area contributed by atoms with E-state index in [1.165, 1.54) is 25.3 Å². The van der Waals surface area contributed by atoms with E-state index in [1.54, 1.807) is 32.9 Å². The van der Waals surface area contributed by atoms with E-state index in [0.717, 1.165) is 16.3 Å². The van der Waals surface area contributed by atoms with Crippen molar-refractivity contribution in [2.75, 3.05) is 19.6 Å². The fourth-order valence-electron chi connectivity index (χ4n) is 3.91. The van der Waals surface area contributed by atoms with Crippen LogP contribution in [0.2, 0.25) is 0 Å². The molecule has 2 aliphatic rings. The number of aryl methyl sites for hydroxylation is 1. The fraction of sp³-hybridized carbons (Fsp3) is 0.542. The van der Waals surface area contributed by atoms with Crippen molar-refractivity contribution < 1.29 is 42.1 Å². The minimum Gasteiger partial charge on any atom is -0.463 e. The standard InChI is InChI=1S/C24H30FN2O9PS/c1-13(2)35-23(29)14(3)11-37(31,36-16-5-6-17-18(9-16)33-12-32-17)34-10-19-21(28)20(25)22(38-19)27-8-7-15(4)26-24(27)30/h5-9,13-14,19-22,28H,10-12H2,1-4H3/t14-,19-,20+,21-,22-,37-/m1/s1. The Balaban J connectivity index is 1.51. The highest BCUT2D eigenvalue weighted by Gasteiger charge is 2.46. The van der Waals surface area contributed by atoms with Crippen molar-refractivity contribution in [1.82, 2.24) is 9.55 Å². The smallest absolute Gasteiger partial charge is 0.380 e. The summed E-state index contributed by atoms with van der Waals surface area (Å²) in [6.07, 6.45) is -2.60. The van der Waals surface area contributed by atoms with Crippen LogP contribution in [0.3, 0.4) is 0 Å². The summed E-state index contributed by atoms with van der Waals surface area (Å²) in [5, 5.41) is 8.62. The molecule has 1 N–H and O–H groups in total. The summed E-state index contributed by atoms with van der Waals surface area (Å²) in [6.45, 7) is 6.23. The summed E-state index contributed by atoms with van der Waals surface area (Å²) in [5.74, 6) is -0.391. The Morgan fingerprint density at radius 1 is 1.29 bits per heavy atom. The number of carbonyl (C=O) groups excluding carboxylic acids is 1. The van der Waals surface area contributed by atoms with Crippen molar-refractivity contribution in [3.8, 4) is 17.2 Å². The highest BCUT2D eigenvalue weighted by atomic mass is 32.2. The molecule has 208 valence electrons. The molecule has 1 saturated heterocycles. The molecule has 11 nitrogen and oxygen atoms in total. The number of ether oxygens (including phenoxy) is 3. The lowest BCUT2D eigenvalue weighted by Gasteiger charge is -2.24. The van der Waals surface area contributed by atoms with E-state index in [2.05, 4.69) is 4.98 Å². The maximum Gasteiger partial charge on any atom is 0.380 e. The molecule has 4 rings (SSSR count). The third-order valence-electron chi connectivity index (χ3n) is 5.81. The number of nitrogens with zero attached hydrogens (tertiary/aromatic N) is 2. The van der Waals surface area contributed by atoms with Crippen LogP contribution in [-0.4, -0.2) is 63.8 Å². The Labute approximate surface area is 223 Å². The maximum atomic E-state index is 15.0. The molecule has 0 spiro atoms. The predicted octanol–water partition coefficient (Wildman–Crippen LogP) is 3.47. The topological polar surface area (TPSA) is 135 Å². The van der Waals surface area contributed by atoms with E-state index in [4.69, 9.17) is 23.3 Å². The monoisotopic (exact) mass is 572 g/mol. The second kappa shape index (κ2) is 11.6. The first-order valence-electron chi connectivity index (χ1n) is 12.0. The SMILES string of the molecule is Cc1ccn([C@@H]2S[C@H](CO[P@](=O)(C[C@@H](C)C(=O)OC(C)C)Oc3ccc4c(c3)OCO4)[C@@H](O)[C@@H]2F)c(=O)n1. The predicted molar refractivity (Wildman–Crippen MR) is 137 cm³/mol. The van der Waals surface area contributed by atoms with Gasteiger partial charge in [0.05, 0.1) is 30.0 Å². The Hall–Kier alpha value is -2.60. The molecule has 14 heteroatoms. The zero-order valence-corrected chi connectivity index (χ0v) is 23.0. The lowest BCUT2D eigenvalue weighted by atomic mass is 10.1. The van der Waals surface area contributed by atoms with Crippen molar-refractivity contribution in [3.05, 3.63) is 46.6 Å². The number of hydrogen-bond donors (Lipinski definition) is 1. The van der Waals surface area contributed by atoms with Gasteiger partial charge in [-0.3, -0.25) is 13.9 Å². The number of halogens is 1. The number of benzene rings is 1. The van der Waals surface area contributed by atoms with Crippen LogP contribution in [0.5, 0.6) is 17.2 Å². The van der Waals surface area contributed by atoms with Crippen molar-refractivity contribution in [1.29, 1.82) is 0 Å². The maximum absolute atomic E-state index is 15.0. The number of carbonyl (C=O) groups is 1. The van der Waals surface area contributed by atoms with Gasteiger partial charge in [0, 0.05) is 18.0 Å². The minimum atomic E-state index is -4.05. The molecule has 2 aromatic rings. The van der Waals surface area contributed by atoms with Crippen molar-refractivity contribution in [2.24, 2.45) is 5.92 Å². The number of rotatable bonds is 10. The molecule has 1 aromatic carbocycles. The minimum absolute atomic E-state index is 0.0347. The Morgan fingerprint density at radius 3 is 2.74 bits per heavy atom. The first-order valence-corrected chi connectivity index (χ1v) is 14.7. The van der Waals surface area contributed by atoms with Gasteiger partial charge in [-0.1, -0.05) is 6.92 Å². The zero-order chi connectivity index (χ0) is 27.6. The molecule has 38 heavy (non-hydrogen) atoms. The molecular weight excluding hydrogens is 542 g/mol. The van der Waals surface area contributed by atoms with Gasteiger partial charge in [-0.05, 0) is 39.0 Å². The molecular formula is C24H30FN2O9PS. The van der Waals surface area contributed by atoms with Crippen LogP contribution in [0.15, 0.2) is 35.3 Å². The lowest BCUT2D eigenvalue weighted by Crippen LogP contribution is -2.33. The zero-order valence-electron chi connectivity index (χ0n) is 21.3. The number of aliphatic hydroxyl groups excluding tert-OH is 1. The molecule has 0 radical (unpaired) electrons. The molecule has 3 heterocycles. The van der Waals surface area contributed by atoms with Crippen LogP contribution in [0.25, 0.3) is 0 Å². The summed E-state index contributed by atoms with van der Waals surface area (Å²) in [6, 6.07) is 6.15. The number of fused-ring (bicyclic) bond motifs is 1. The van der Waals surface area contributed by atoms with Gasteiger partial charge in [0.25, 0.3) is 0 Å². The van der Waals surface area contributed by atoms with E-state index < -0.39 is 48.1 Å². The number of aliphatic hydroxyl groups is 1. The molecule has 6 atom stereocenters. The van der Waals surface area contributed by atoms with Crippen molar-refractivity contribution >= 4 is 25.3 Å². The molecule has 0 bridgehead atoms. The molecule has 2 aliphatic heterocycles. The van der Waals surface area contributed by atoms with Gasteiger partial charge in [-0.2, -0.15) is 4.98 Å². The quantitative estimate of drug-likeness (QED) is 0.331. The van der Waals surface area contributed by atoms with Gasteiger partial charge in [-0.15, -0.1) is 11.8 Å². The number of esters is 1. The normalized spacial score (nSPS) is 24.7. The molecule has 0 saturated carbocycles. The number of thioether (sulfide) groups is 1. The molecule has 0 unspecified atom stereocenters. The summed E-state index contributed by atoms with van der Waals surface area (Å²) in [4.78, 5) is 28.5. The summed E-state index contributed by atoms with van der Waals surface area (Å²) in [5.41, 5.74) is -0.162. The van der Waals surface area contributed by atoms with E-state index in [0.29, 0.717) is 17.2 Å². The Kier molecular flexibility index (Phi) is 8.71. The third kappa shape index (κ3) is 6.51. The lowest BCUT2D eigenvalue weighted by molar-refractivity contribution is -0.151. The van der Waals surface area contributed by atoms with Gasteiger partial charge in [0.1, 0.15) is 17.2 Å². The van der Waals surface area contributed by atoms with Gasteiger partial charge >= 0.3 is 19.3 Å². The Bertz CT molecular complexity index is 1280. The van der Waals surface area contributed by atoms with Gasteiger partial charge in [-0.25, -0.2) is 13.8 Å². The highest BCUT2D eigenvalue weighted by Crippen LogP contribution is 2.53. The van der Waals surface area contributed by atoms with Gasteiger partial charge in [0.2, 0.25) is 6.79 Å². The largest absolute Gasteiger partial charge is 0.463 e. The van der Waals surface area contributed by atoms with Gasteiger partial charge in [0.15, 0.2) is 17.7 Å². The molecule has 1 aromatic heterocycles. The fourth-order valence-corrected chi connectivity index (χ4v) is 7.31. The van der Waals surface area contributed by atoms with Crippen LogP contribution in [0, 0.1) is 12.8 Å². The second-order valence-corrected chi connectivity index (χ2v) is 12.7. The highest BCUT2D eigenvalue weighted by molar-refractivity contribution is 8.00. The van der Waals surface area contributed by atoms with E-state index in [1.807, 2.05) is 0 Å². The van der Waals surface area contributed by atoms with Crippen molar-refractivity contribution in [2.45, 2.75) is 56.7 Å². The first kappa shape index (κ1) is 28.4. The molecule has 1 fully saturated rings. The van der Waals surface area contributed by atoms with Crippen LogP contribution < -0.4 is 19.7 Å². The van der Waals surface area contributed by atoms with Crippen LogP contribution >= 0.6 is 19.4 Å². The summed E-state index contributed by atoms with van der Waals surface area (Å²) < 4.78 is 57.3. The molecule has 0 amide bonds. The second-order valence-electron chi connectivity index (χ2n) is 9.34. The van der Waals surface area contributed by atoms with E-state index in [-0.39, 0.29) is 31.4 Å². The summed E-state index contributed by atoms with van der Waals surface area (Å²) in [7, 11) is -4.05. The number of hydrogen-bond acceptors (Lipinski definition) is 11. The Morgan fingerprint density at radius 2 is 2.03 bits per heavy atom. The summed E-state index contributed by atoms with van der Waals surface area (Å²) >= 11 is 0.965. The average molecular weight is 573 g/mol. The van der Waals surface area contributed by atoms with Gasteiger partial charge < -0.3 is 23.8 Å². The van der Waals surface area contributed by atoms with Crippen LogP contribution in [-0.2, 0) is 18.6 Å². The first-order chi connectivity index (χ1) is 18.0. The number of alkyl halides is 1. The third-order valence-corrected chi connectivity index (χ3v) is 9.37. The van der Waals surface area contributed by atoms with E-state index >= 15 is 4.39 Å². The average Bonchev–Trinajstić information content (AvgIpc) is 3.42. The molecule has 0 aliphatic carbocycles. The van der Waals surface area contributed by atoms with Crippen LogP contribution in [0.1, 0.15) is 31.8 Å². The van der Waals surface area contributed by atoms with E-state index in [9.17, 15) is 19.3 Å².